The van der Waals surface area contributed by atoms with E-state index in [0.717, 1.165) is 23.0 Å². The van der Waals surface area contributed by atoms with Crippen molar-refractivity contribution in [1.82, 2.24) is 4.98 Å². The number of hydrogen-bond donors (Lipinski definition) is 1. The van der Waals surface area contributed by atoms with Gasteiger partial charge in [0.15, 0.2) is 5.78 Å². The van der Waals surface area contributed by atoms with E-state index < -0.39 is 0 Å². The zero-order chi connectivity index (χ0) is 12.3. The molecule has 1 aliphatic rings. The van der Waals surface area contributed by atoms with E-state index in [0.29, 0.717) is 6.42 Å². The second-order valence-electron chi connectivity index (χ2n) is 5.11. The summed E-state index contributed by atoms with van der Waals surface area (Å²) in [6.07, 6.45) is 1.54. The maximum atomic E-state index is 11.8. The highest BCUT2D eigenvalue weighted by molar-refractivity contribution is 6.14. The van der Waals surface area contributed by atoms with Gasteiger partial charge in [-0.1, -0.05) is 12.1 Å². The van der Waals surface area contributed by atoms with Crippen LogP contribution in [-0.2, 0) is 6.42 Å². The summed E-state index contributed by atoms with van der Waals surface area (Å²) in [5.41, 5.74) is 5.71. The first kappa shape index (κ1) is 9.89. The van der Waals surface area contributed by atoms with Crippen LogP contribution in [0.2, 0.25) is 0 Å². The Morgan fingerprint density at radius 1 is 1.06 bits per heavy atom. The zero-order valence-corrected chi connectivity index (χ0v) is 10.2. The average Bonchev–Trinajstić information content (AvgIpc) is 2.89. The van der Waals surface area contributed by atoms with Crippen molar-refractivity contribution in [3.05, 3.63) is 47.0 Å². The highest BCUT2D eigenvalue weighted by Gasteiger charge is 2.23. The fraction of sp³-hybridized carbons (Fsp3) is 0.188. The average molecular weight is 235 g/mol. The van der Waals surface area contributed by atoms with Gasteiger partial charge >= 0.3 is 0 Å². The summed E-state index contributed by atoms with van der Waals surface area (Å²) in [6.45, 7) is 2.10. The third-order valence-corrected chi connectivity index (χ3v) is 3.93. The zero-order valence-electron chi connectivity index (χ0n) is 10.2. The molecular weight excluding hydrogens is 222 g/mol. The summed E-state index contributed by atoms with van der Waals surface area (Å²) in [6, 6.07) is 10.5. The summed E-state index contributed by atoms with van der Waals surface area (Å²) in [7, 11) is 0. The number of aromatic amines is 1. The van der Waals surface area contributed by atoms with Crippen molar-refractivity contribution in [3.63, 3.8) is 0 Å². The molecule has 3 aromatic rings. The second kappa shape index (κ2) is 3.22. The molecule has 1 aromatic heterocycles. The highest BCUT2D eigenvalue weighted by Crippen LogP contribution is 2.35. The van der Waals surface area contributed by atoms with Gasteiger partial charge in [0.05, 0.1) is 0 Å². The van der Waals surface area contributed by atoms with Crippen molar-refractivity contribution >= 4 is 27.6 Å². The Balaban J connectivity index is 2.22. The molecule has 0 unspecified atom stereocenters. The lowest BCUT2D eigenvalue weighted by Gasteiger charge is -2.00. The summed E-state index contributed by atoms with van der Waals surface area (Å²) >= 11 is 0. The van der Waals surface area contributed by atoms with Gasteiger partial charge in [0.25, 0.3) is 0 Å². The van der Waals surface area contributed by atoms with Gasteiger partial charge in [0, 0.05) is 33.8 Å². The van der Waals surface area contributed by atoms with E-state index in [1.165, 1.54) is 21.9 Å². The lowest BCUT2D eigenvalue weighted by atomic mass is 10.0. The van der Waals surface area contributed by atoms with Gasteiger partial charge in [-0.15, -0.1) is 0 Å². The summed E-state index contributed by atoms with van der Waals surface area (Å²) < 4.78 is 0. The van der Waals surface area contributed by atoms with Crippen LogP contribution in [0, 0.1) is 6.92 Å². The summed E-state index contributed by atoms with van der Waals surface area (Å²) in [4.78, 5) is 15.3. The molecule has 1 N–H and O–H groups in total. The van der Waals surface area contributed by atoms with E-state index in [4.69, 9.17) is 0 Å². The SMILES string of the molecule is Cc1ccc2c(c1)[nH]c1ccc3c(c12)CCC3=O. The lowest BCUT2D eigenvalue weighted by Crippen LogP contribution is -1.90. The molecule has 0 saturated carbocycles. The minimum atomic E-state index is 0.286. The molecule has 0 aliphatic heterocycles. The van der Waals surface area contributed by atoms with Crippen LogP contribution < -0.4 is 0 Å². The molecule has 88 valence electrons. The van der Waals surface area contributed by atoms with Gasteiger partial charge < -0.3 is 4.98 Å². The van der Waals surface area contributed by atoms with Gasteiger partial charge in [-0.25, -0.2) is 0 Å². The summed E-state index contributed by atoms with van der Waals surface area (Å²) in [5.74, 6) is 0.286. The number of carbonyl (C=O) groups is 1. The number of Topliss-reactive ketones (excluding diaryl/α,β-unsaturated/α-hetero) is 1. The topological polar surface area (TPSA) is 32.9 Å². The third kappa shape index (κ3) is 1.15. The van der Waals surface area contributed by atoms with E-state index in [1.807, 2.05) is 12.1 Å². The fourth-order valence-electron chi connectivity index (χ4n) is 3.08. The number of aryl methyl sites for hydroxylation is 2. The Morgan fingerprint density at radius 2 is 1.94 bits per heavy atom. The number of rotatable bonds is 0. The van der Waals surface area contributed by atoms with Crippen LogP contribution in [0.3, 0.4) is 0 Å². The van der Waals surface area contributed by atoms with Crippen LogP contribution in [0.15, 0.2) is 30.3 Å². The Kier molecular flexibility index (Phi) is 1.77. The molecule has 0 saturated heterocycles. The predicted molar refractivity (Wildman–Crippen MR) is 73.2 cm³/mol. The number of nitrogens with one attached hydrogen (secondary N) is 1. The van der Waals surface area contributed by atoms with Gasteiger partial charge in [-0.05, 0) is 42.7 Å². The molecule has 0 atom stereocenters. The number of carbonyl (C=O) groups excluding carboxylic acids is 1. The molecule has 0 amide bonds. The Hall–Kier alpha value is -2.09. The molecule has 1 heterocycles. The van der Waals surface area contributed by atoms with Crippen molar-refractivity contribution in [2.24, 2.45) is 0 Å². The quantitative estimate of drug-likeness (QED) is 0.632. The largest absolute Gasteiger partial charge is 0.354 e. The molecule has 0 bridgehead atoms. The number of H-pyrrole nitrogens is 1. The first-order valence-electron chi connectivity index (χ1n) is 6.31. The van der Waals surface area contributed by atoms with Crippen LogP contribution >= 0.6 is 0 Å². The molecule has 0 radical (unpaired) electrons. The first-order chi connectivity index (χ1) is 8.74. The number of aromatic nitrogens is 1. The van der Waals surface area contributed by atoms with Crippen LogP contribution in [0.25, 0.3) is 21.8 Å². The molecule has 0 fully saturated rings. The molecule has 2 aromatic carbocycles. The maximum absolute atomic E-state index is 11.8. The number of fused-ring (bicyclic) bond motifs is 5. The first-order valence-corrected chi connectivity index (χ1v) is 6.31. The minimum absolute atomic E-state index is 0.286. The van der Waals surface area contributed by atoms with Crippen molar-refractivity contribution in [2.75, 3.05) is 0 Å². The Bertz CT molecular complexity index is 811. The monoisotopic (exact) mass is 235 g/mol. The van der Waals surface area contributed by atoms with E-state index in [-0.39, 0.29) is 5.78 Å². The molecule has 1 aliphatic carbocycles. The highest BCUT2D eigenvalue weighted by atomic mass is 16.1. The van der Waals surface area contributed by atoms with Crippen LogP contribution in [0.4, 0.5) is 0 Å². The minimum Gasteiger partial charge on any atom is -0.354 e. The molecule has 18 heavy (non-hydrogen) atoms. The van der Waals surface area contributed by atoms with Crippen molar-refractivity contribution in [3.8, 4) is 0 Å². The molecule has 0 spiro atoms. The number of benzene rings is 2. The predicted octanol–water partition coefficient (Wildman–Crippen LogP) is 3.76. The van der Waals surface area contributed by atoms with Crippen molar-refractivity contribution in [1.29, 1.82) is 0 Å². The fourth-order valence-corrected chi connectivity index (χ4v) is 3.08. The van der Waals surface area contributed by atoms with Crippen LogP contribution in [0.1, 0.15) is 27.9 Å². The van der Waals surface area contributed by atoms with E-state index in [1.54, 1.807) is 0 Å². The normalized spacial score (nSPS) is 14.6. The van der Waals surface area contributed by atoms with Gasteiger partial charge in [-0.3, -0.25) is 4.79 Å². The summed E-state index contributed by atoms with van der Waals surface area (Å²) in [5, 5.41) is 2.48. The maximum Gasteiger partial charge on any atom is 0.163 e. The van der Waals surface area contributed by atoms with Crippen molar-refractivity contribution in [2.45, 2.75) is 19.8 Å². The van der Waals surface area contributed by atoms with Gasteiger partial charge in [0.1, 0.15) is 0 Å². The van der Waals surface area contributed by atoms with E-state index in [9.17, 15) is 4.79 Å². The molecular formula is C16H13NO. The van der Waals surface area contributed by atoms with Gasteiger partial charge in [0.2, 0.25) is 0 Å². The van der Waals surface area contributed by atoms with Gasteiger partial charge in [-0.2, -0.15) is 0 Å². The number of ketones is 1. The van der Waals surface area contributed by atoms with E-state index >= 15 is 0 Å². The third-order valence-electron chi connectivity index (χ3n) is 3.93. The Morgan fingerprint density at radius 3 is 2.83 bits per heavy atom. The van der Waals surface area contributed by atoms with Crippen molar-refractivity contribution < 1.29 is 4.79 Å². The second-order valence-corrected chi connectivity index (χ2v) is 5.11. The Labute approximate surface area is 105 Å². The van der Waals surface area contributed by atoms with E-state index in [2.05, 4.69) is 30.1 Å². The number of hydrogen-bond acceptors (Lipinski definition) is 1. The molecule has 4 rings (SSSR count). The molecule has 2 heteroatoms. The smallest absolute Gasteiger partial charge is 0.163 e. The van der Waals surface area contributed by atoms with Crippen LogP contribution in [-0.4, -0.2) is 10.8 Å². The van der Waals surface area contributed by atoms with Crippen LogP contribution in [0.5, 0.6) is 0 Å². The molecule has 2 nitrogen and oxygen atoms in total. The standard InChI is InChI=1S/C16H13NO/c1-9-2-3-12-14(8-9)17-13-6-4-10-11(16(12)13)5-7-15(10)18/h2-4,6,8,17H,5,7H2,1H3. The lowest BCUT2D eigenvalue weighted by molar-refractivity contribution is 0.0994.